The zero-order valence-electron chi connectivity index (χ0n) is 15.3. The molecule has 0 aliphatic rings. The summed E-state index contributed by atoms with van der Waals surface area (Å²) in [5.74, 6) is 0.599. The Balaban J connectivity index is 1.86. The van der Waals surface area contributed by atoms with Crippen LogP contribution in [0.5, 0.6) is 0 Å². The molecule has 0 saturated heterocycles. The van der Waals surface area contributed by atoms with E-state index in [1.165, 1.54) is 0 Å². The first-order valence-corrected chi connectivity index (χ1v) is 9.04. The van der Waals surface area contributed by atoms with Gasteiger partial charge in [0, 0.05) is 13.2 Å². The maximum Gasteiger partial charge on any atom is 0.263 e. The Morgan fingerprint density at radius 3 is 2.58 bits per heavy atom. The van der Waals surface area contributed by atoms with Gasteiger partial charge in [0.15, 0.2) is 0 Å². The normalized spacial score (nSPS) is 11.2. The number of para-hydroxylation sites is 1. The van der Waals surface area contributed by atoms with Crippen LogP contribution in [0.25, 0.3) is 10.9 Å². The minimum absolute atomic E-state index is 0.0274. The van der Waals surface area contributed by atoms with Gasteiger partial charge in [0.1, 0.15) is 0 Å². The van der Waals surface area contributed by atoms with Gasteiger partial charge in [0.25, 0.3) is 5.56 Å². The second-order valence-electron chi connectivity index (χ2n) is 6.53. The second kappa shape index (κ2) is 8.63. The molecular weight excluding hydrogens is 326 g/mol. The SMILES string of the molecule is CC(C)OCCCNc1nc2ccccc2c(=O)n1Cc1ccccc1. The van der Waals surface area contributed by atoms with Gasteiger partial charge in [-0.1, -0.05) is 42.5 Å². The average Bonchev–Trinajstić information content (AvgIpc) is 2.65. The number of anilines is 1. The van der Waals surface area contributed by atoms with Gasteiger partial charge < -0.3 is 10.1 Å². The topological polar surface area (TPSA) is 56.1 Å². The molecule has 0 radical (unpaired) electrons. The number of fused-ring (bicyclic) bond motifs is 1. The van der Waals surface area contributed by atoms with Crippen LogP contribution in [0.2, 0.25) is 0 Å². The molecular formula is C21H25N3O2. The number of aromatic nitrogens is 2. The molecule has 1 heterocycles. The summed E-state index contributed by atoms with van der Waals surface area (Å²) in [6, 6.07) is 17.4. The standard InChI is InChI=1S/C21H25N3O2/c1-16(2)26-14-8-13-22-21-23-19-12-7-6-11-18(19)20(25)24(21)15-17-9-4-3-5-10-17/h3-7,9-12,16H,8,13-15H2,1-2H3,(H,22,23). The molecule has 0 amide bonds. The van der Waals surface area contributed by atoms with Crippen LogP contribution in [0.4, 0.5) is 5.95 Å². The van der Waals surface area contributed by atoms with Gasteiger partial charge in [0.2, 0.25) is 5.95 Å². The zero-order chi connectivity index (χ0) is 18.4. The quantitative estimate of drug-likeness (QED) is 0.629. The lowest BCUT2D eigenvalue weighted by Crippen LogP contribution is -2.26. The van der Waals surface area contributed by atoms with Crippen molar-refractivity contribution < 1.29 is 4.74 Å². The molecule has 1 N–H and O–H groups in total. The highest BCUT2D eigenvalue weighted by atomic mass is 16.5. The predicted molar refractivity (Wildman–Crippen MR) is 106 cm³/mol. The van der Waals surface area contributed by atoms with Gasteiger partial charge in [-0.3, -0.25) is 9.36 Å². The molecule has 0 fully saturated rings. The Bertz CT molecular complexity index is 904. The van der Waals surface area contributed by atoms with Crippen LogP contribution in [0.1, 0.15) is 25.8 Å². The number of hydrogen-bond acceptors (Lipinski definition) is 4. The van der Waals surface area contributed by atoms with Crippen molar-refractivity contribution in [1.82, 2.24) is 9.55 Å². The maximum atomic E-state index is 13.0. The van der Waals surface area contributed by atoms with E-state index in [4.69, 9.17) is 4.74 Å². The molecule has 0 spiro atoms. The van der Waals surface area contributed by atoms with Crippen LogP contribution in [-0.4, -0.2) is 28.8 Å². The van der Waals surface area contributed by atoms with E-state index in [0.29, 0.717) is 36.5 Å². The first-order valence-electron chi connectivity index (χ1n) is 9.04. The highest BCUT2D eigenvalue weighted by molar-refractivity contribution is 5.78. The monoisotopic (exact) mass is 351 g/mol. The summed E-state index contributed by atoms with van der Waals surface area (Å²) < 4.78 is 7.28. The zero-order valence-corrected chi connectivity index (χ0v) is 15.3. The van der Waals surface area contributed by atoms with E-state index in [1.54, 1.807) is 4.57 Å². The summed E-state index contributed by atoms with van der Waals surface area (Å²) in [6.45, 7) is 5.92. The van der Waals surface area contributed by atoms with Gasteiger partial charge in [-0.05, 0) is 38.0 Å². The summed E-state index contributed by atoms with van der Waals surface area (Å²) in [7, 11) is 0. The summed E-state index contributed by atoms with van der Waals surface area (Å²) in [5, 5.41) is 3.95. The van der Waals surface area contributed by atoms with Crippen LogP contribution in [0.3, 0.4) is 0 Å². The molecule has 1 aromatic heterocycles. The molecule has 5 nitrogen and oxygen atoms in total. The van der Waals surface area contributed by atoms with Crippen molar-refractivity contribution in [2.75, 3.05) is 18.5 Å². The van der Waals surface area contributed by atoms with E-state index >= 15 is 0 Å². The fourth-order valence-electron chi connectivity index (χ4n) is 2.81. The number of nitrogens with zero attached hydrogens (tertiary/aromatic N) is 2. The predicted octanol–water partition coefficient (Wildman–Crippen LogP) is 3.67. The van der Waals surface area contributed by atoms with E-state index in [2.05, 4.69) is 10.3 Å². The minimum atomic E-state index is -0.0274. The van der Waals surface area contributed by atoms with E-state index in [1.807, 2.05) is 68.4 Å². The van der Waals surface area contributed by atoms with Crippen molar-refractivity contribution in [2.45, 2.75) is 32.9 Å². The van der Waals surface area contributed by atoms with Crippen LogP contribution in [-0.2, 0) is 11.3 Å². The minimum Gasteiger partial charge on any atom is -0.379 e. The third-order valence-corrected chi connectivity index (χ3v) is 4.10. The molecule has 26 heavy (non-hydrogen) atoms. The summed E-state index contributed by atoms with van der Waals surface area (Å²) in [5.41, 5.74) is 1.75. The highest BCUT2D eigenvalue weighted by Crippen LogP contribution is 2.13. The van der Waals surface area contributed by atoms with Gasteiger partial charge in [0.05, 0.1) is 23.6 Å². The van der Waals surface area contributed by atoms with Crippen LogP contribution < -0.4 is 10.9 Å². The largest absolute Gasteiger partial charge is 0.379 e. The fraction of sp³-hybridized carbons (Fsp3) is 0.333. The summed E-state index contributed by atoms with van der Waals surface area (Å²) in [4.78, 5) is 17.7. The first-order chi connectivity index (χ1) is 12.6. The molecule has 136 valence electrons. The third-order valence-electron chi connectivity index (χ3n) is 4.10. The molecule has 0 unspecified atom stereocenters. The van der Waals surface area contributed by atoms with Crippen LogP contribution >= 0.6 is 0 Å². The Morgan fingerprint density at radius 1 is 1.08 bits per heavy atom. The molecule has 0 atom stereocenters. The third kappa shape index (κ3) is 4.49. The smallest absolute Gasteiger partial charge is 0.263 e. The molecule has 0 saturated carbocycles. The highest BCUT2D eigenvalue weighted by Gasteiger charge is 2.11. The van der Waals surface area contributed by atoms with Crippen molar-refractivity contribution in [1.29, 1.82) is 0 Å². The van der Waals surface area contributed by atoms with Crippen molar-refractivity contribution in [3.63, 3.8) is 0 Å². The van der Waals surface area contributed by atoms with E-state index in [0.717, 1.165) is 12.0 Å². The summed E-state index contributed by atoms with van der Waals surface area (Å²) >= 11 is 0. The maximum absolute atomic E-state index is 13.0. The van der Waals surface area contributed by atoms with Gasteiger partial charge >= 0.3 is 0 Å². The van der Waals surface area contributed by atoms with E-state index < -0.39 is 0 Å². The molecule has 0 bridgehead atoms. The van der Waals surface area contributed by atoms with Gasteiger partial charge in [-0.15, -0.1) is 0 Å². The molecule has 0 aliphatic carbocycles. The van der Waals surface area contributed by atoms with Crippen molar-refractivity contribution in [2.24, 2.45) is 0 Å². The number of ether oxygens (including phenoxy) is 1. The Labute approximate surface area is 153 Å². The molecule has 3 rings (SSSR count). The van der Waals surface area contributed by atoms with Crippen molar-refractivity contribution in [3.05, 3.63) is 70.5 Å². The van der Waals surface area contributed by atoms with Crippen molar-refractivity contribution in [3.8, 4) is 0 Å². The first kappa shape index (κ1) is 18.1. The lowest BCUT2D eigenvalue weighted by molar-refractivity contribution is 0.0787. The van der Waals surface area contributed by atoms with Gasteiger partial charge in [-0.25, -0.2) is 4.98 Å². The average molecular weight is 351 g/mol. The fourth-order valence-corrected chi connectivity index (χ4v) is 2.81. The Kier molecular flexibility index (Phi) is 6.02. The molecule has 3 aromatic rings. The number of benzene rings is 2. The second-order valence-corrected chi connectivity index (χ2v) is 6.53. The summed E-state index contributed by atoms with van der Waals surface area (Å²) in [6.07, 6.45) is 1.08. The van der Waals surface area contributed by atoms with Gasteiger partial charge in [-0.2, -0.15) is 0 Å². The lowest BCUT2D eigenvalue weighted by atomic mass is 10.2. The molecule has 0 aliphatic heterocycles. The number of hydrogen-bond donors (Lipinski definition) is 1. The lowest BCUT2D eigenvalue weighted by Gasteiger charge is -2.15. The number of nitrogens with one attached hydrogen (secondary N) is 1. The number of rotatable bonds is 8. The van der Waals surface area contributed by atoms with Crippen molar-refractivity contribution >= 4 is 16.9 Å². The molecule has 5 heteroatoms. The van der Waals surface area contributed by atoms with Crippen LogP contribution in [0.15, 0.2) is 59.4 Å². The Hall–Kier alpha value is -2.66. The molecule has 2 aromatic carbocycles. The Morgan fingerprint density at radius 2 is 1.81 bits per heavy atom. The van der Waals surface area contributed by atoms with Crippen LogP contribution in [0, 0.1) is 0 Å². The van der Waals surface area contributed by atoms with E-state index in [9.17, 15) is 4.79 Å². The van der Waals surface area contributed by atoms with E-state index in [-0.39, 0.29) is 11.7 Å².